The monoisotopic (exact) mass is 428 g/mol. The number of methoxy groups -OCH3 is 2. The zero-order valence-electron chi connectivity index (χ0n) is 18.3. The molecule has 0 spiro atoms. The largest absolute Gasteiger partial charge is 0.507 e. The summed E-state index contributed by atoms with van der Waals surface area (Å²) in [5.74, 6) is 0.0651. The van der Waals surface area contributed by atoms with Gasteiger partial charge >= 0.3 is 0 Å². The van der Waals surface area contributed by atoms with Gasteiger partial charge in [-0.15, -0.1) is 0 Å². The molecule has 0 bridgehead atoms. The number of aromatic hydroxyl groups is 1. The highest BCUT2D eigenvalue weighted by Gasteiger charge is 2.30. The number of morpholine rings is 1. The fourth-order valence-corrected chi connectivity index (χ4v) is 3.78. The van der Waals surface area contributed by atoms with Gasteiger partial charge in [0.1, 0.15) is 22.9 Å². The molecule has 2 aromatic rings. The van der Waals surface area contributed by atoms with Gasteiger partial charge in [0, 0.05) is 56.2 Å². The predicted molar refractivity (Wildman–Crippen MR) is 114 cm³/mol. The number of rotatable bonds is 7. The summed E-state index contributed by atoms with van der Waals surface area (Å²) >= 11 is 0. The lowest BCUT2D eigenvalue weighted by molar-refractivity contribution is -0.138. The molecule has 0 saturated carbocycles. The maximum atomic E-state index is 13.2. The lowest BCUT2D eigenvalue weighted by Gasteiger charge is -2.32. The first kappa shape index (κ1) is 22.6. The minimum Gasteiger partial charge on any atom is -0.507 e. The number of nitrogens with zero attached hydrogens (tertiary/aromatic N) is 2. The number of amides is 1. The summed E-state index contributed by atoms with van der Waals surface area (Å²) in [5.41, 5.74) is 1.50. The van der Waals surface area contributed by atoms with E-state index in [1.807, 2.05) is 6.92 Å². The van der Waals surface area contributed by atoms with Gasteiger partial charge in [-0.25, -0.2) is 0 Å². The van der Waals surface area contributed by atoms with Crippen molar-refractivity contribution in [3.63, 3.8) is 0 Å². The van der Waals surface area contributed by atoms with Crippen LogP contribution in [0.5, 0.6) is 17.2 Å². The molecule has 1 saturated heterocycles. The van der Waals surface area contributed by atoms with Crippen molar-refractivity contribution >= 4 is 11.7 Å². The van der Waals surface area contributed by atoms with Gasteiger partial charge in [-0.3, -0.25) is 14.6 Å². The Labute approximate surface area is 181 Å². The van der Waals surface area contributed by atoms with Crippen molar-refractivity contribution < 1.29 is 28.9 Å². The number of hydrogen-bond acceptors (Lipinski definition) is 7. The van der Waals surface area contributed by atoms with E-state index in [1.165, 1.54) is 27.2 Å². The molecule has 3 rings (SSSR count). The van der Waals surface area contributed by atoms with Gasteiger partial charge in [-0.05, 0) is 18.6 Å². The Bertz CT molecular complexity index is 944. The Kier molecular flexibility index (Phi) is 7.12. The highest BCUT2D eigenvalue weighted by molar-refractivity contribution is 5.92. The van der Waals surface area contributed by atoms with E-state index >= 15 is 0 Å². The zero-order chi connectivity index (χ0) is 22.5. The van der Waals surface area contributed by atoms with Crippen LogP contribution >= 0.6 is 0 Å². The molecule has 1 aliphatic rings. The van der Waals surface area contributed by atoms with Crippen LogP contribution in [0.15, 0.2) is 30.5 Å². The summed E-state index contributed by atoms with van der Waals surface area (Å²) in [6, 6.07) is 6.54. The Hall–Kier alpha value is -3.13. The second-order valence-corrected chi connectivity index (χ2v) is 7.57. The molecule has 2 atom stereocenters. The number of ketones is 1. The second kappa shape index (κ2) is 9.78. The third-order valence-corrected chi connectivity index (χ3v) is 5.42. The van der Waals surface area contributed by atoms with Gasteiger partial charge in [0.2, 0.25) is 5.91 Å². The van der Waals surface area contributed by atoms with Crippen molar-refractivity contribution in [1.82, 2.24) is 9.88 Å². The molecule has 2 unspecified atom stereocenters. The number of hydrogen-bond donors (Lipinski definition) is 1. The van der Waals surface area contributed by atoms with Crippen LogP contribution in [-0.2, 0) is 9.53 Å². The molecule has 1 aliphatic heterocycles. The van der Waals surface area contributed by atoms with E-state index in [9.17, 15) is 14.7 Å². The molecular formula is C23H28N2O6. The van der Waals surface area contributed by atoms with E-state index in [1.54, 1.807) is 29.3 Å². The minimum atomic E-state index is -0.528. The maximum absolute atomic E-state index is 13.2. The quantitative estimate of drug-likeness (QED) is 0.677. The first-order valence-electron chi connectivity index (χ1n) is 10.1. The van der Waals surface area contributed by atoms with Crippen LogP contribution in [0.25, 0.3) is 0 Å². The zero-order valence-corrected chi connectivity index (χ0v) is 18.3. The SMILES string of the molecule is COc1cc(O)c(C(CC(=O)N2CCOC(C)C2)c2ccc(C(C)=O)nc2)c(OC)c1. The topological polar surface area (TPSA) is 98.2 Å². The maximum Gasteiger partial charge on any atom is 0.223 e. The number of carbonyl (C=O) groups excluding carboxylic acids is 2. The van der Waals surface area contributed by atoms with Gasteiger partial charge in [-0.2, -0.15) is 0 Å². The van der Waals surface area contributed by atoms with E-state index in [0.717, 1.165) is 0 Å². The second-order valence-electron chi connectivity index (χ2n) is 7.57. The molecule has 1 aromatic heterocycles. The van der Waals surface area contributed by atoms with Crippen LogP contribution < -0.4 is 9.47 Å². The van der Waals surface area contributed by atoms with Crippen molar-refractivity contribution in [1.29, 1.82) is 0 Å². The lowest BCUT2D eigenvalue weighted by atomic mass is 9.87. The first-order chi connectivity index (χ1) is 14.8. The van der Waals surface area contributed by atoms with Gasteiger partial charge in [0.05, 0.1) is 26.9 Å². The molecule has 1 fully saturated rings. The molecule has 0 radical (unpaired) electrons. The van der Waals surface area contributed by atoms with E-state index in [0.29, 0.717) is 48.0 Å². The third-order valence-electron chi connectivity index (χ3n) is 5.42. The van der Waals surface area contributed by atoms with Crippen LogP contribution in [0.3, 0.4) is 0 Å². The number of aromatic nitrogens is 1. The fraction of sp³-hybridized carbons (Fsp3) is 0.435. The normalized spacial score (nSPS) is 17.2. The standard InChI is InChI=1S/C23H28N2O6/c1-14-13-25(7-8-31-14)22(28)11-18(16-5-6-19(15(2)26)24-12-16)23-20(27)9-17(29-3)10-21(23)30-4/h5-6,9-10,12,14,18,27H,7-8,11,13H2,1-4H3. The molecule has 2 heterocycles. The molecule has 1 N–H and O–H groups in total. The predicted octanol–water partition coefficient (Wildman–Crippen LogP) is 2.78. The Balaban J connectivity index is 2.02. The van der Waals surface area contributed by atoms with Gasteiger partial charge < -0.3 is 24.2 Å². The van der Waals surface area contributed by atoms with Crippen LogP contribution in [0, 0.1) is 0 Å². The summed E-state index contributed by atoms with van der Waals surface area (Å²) in [6.45, 7) is 4.89. The van der Waals surface area contributed by atoms with Crippen LogP contribution in [0.2, 0.25) is 0 Å². The highest BCUT2D eigenvalue weighted by atomic mass is 16.5. The van der Waals surface area contributed by atoms with Crippen molar-refractivity contribution in [2.24, 2.45) is 0 Å². The van der Waals surface area contributed by atoms with Crippen molar-refractivity contribution in [2.75, 3.05) is 33.9 Å². The number of ether oxygens (including phenoxy) is 3. The molecule has 8 heteroatoms. The van der Waals surface area contributed by atoms with Gasteiger partial charge in [0.25, 0.3) is 0 Å². The summed E-state index contributed by atoms with van der Waals surface area (Å²) in [7, 11) is 3.00. The number of Topliss-reactive ketones (excluding diaryl/α,β-unsaturated/α-hetero) is 1. The Morgan fingerprint density at radius 1 is 1.29 bits per heavy atom. The van der Waals surface area contributed by atoms with E-state index < -0.39 is 5.92 Å². The van der Waals surface area contributed by atoms with Crippen LogP contribution in [0.1, 0.15) is 47.8 Å². The molecule has 0 aliphatic carbocycles. The fourth-order valence-electron chi connectivity index (χ4n) is 3.78. The lowest BCUT2D eigenvalue weighted by Crippen LogP contribution is -2.44. The third kappa shape index (κ3) is 5.14. The number of pyridine rings is 1. The summed E-state index contributed by atoms with van der Waals surface area (Å²) in [5, 5.41) is 10.8. The summed E-state index contributed by atoms with van der Waals surface area (Å²) < 4.78 is 16.3. The van der Waals surface area contributed by atoms with Crippen molar-refractivity contribution in [3.05, 3.63) is 47.3 Å². The average molecular weight is 428 g/mol. The van der Waals surface area contributed by atoms with E-state index in [-0.39, 0.29) is 30.0 Å². The van der Waals surface area contributed by atoms with E-state index in [4.69, 9.17) is 14.2 Å². The number of phenolic OH excluding ortho intramolecular Hbond substituents is 1. The molecule has 31 heavy (non-hydrogen) atoms. The van der Waals surface area contributed by atoms with E-state index in [2.05, 4.69) is 4.98 Å². The Morgan fingerprint density at radius 3 is 2.65 bits per heavy atom. The summed E-state index contributed by atoms with van der Waals surface area (Å²) in [6.07, 6.45) is 1.64. The van der Waals surface area contributed by atoms with Crippen molar-refractivity contribution in [3.8, 4) is 17.2 Å². The van der Waals surface area contributed by atoms with Gasteiger partial charge in [-0.1, -0.05) is 6.07 Å². The van der Waals surface area contributed by atoms with Crippen LogP contribution in [-0.4, -0.2) is 66.7 Å². The molecule has 8 nitrogen and oxygen atoms in total. The number of phenols is 1. The van der Waals surface area contributed by atoms with Gasteiger partial charge in [0.15, 0.2) is 5.78 Å². The number of carbonyl (C=O) groups is 2. The highest BCUT2D eigenvalue weighted by Crippen LogP contribution is 2.43. The van der Waals surface area contributed by atoms with Crippen molar-refractivity contribution in [2.45, 2.75) is 32.3 Å². The Morgan fingerprint density at radius 2 is 2.06 bits per heavy atom. The molecular weight excluding hydrogens is 400 g/mol. The molecule has 166 valence electrons. The first-order valence-corrected chi connectivity index (χ1v) is 10.1. The van der Waals surface area contributed by atoms with Crippen LogP contribution in [0.4, 0.5) is 0 Å². The minimum absolute atomic E-state index is 0.0309. The number of benzene rings is 1. The smallest absolute Gasteiger partial charge is 0.223 e. The average Bonchev–Trinajstić information content (AvgIpc) is 2.77. The summed E-state index contributed by atoms with van der Waals surface area (Å²) in [4.78, 5) is 30.8. The molecule has 1 amide bonds. The molecule has 1 aromatic carbocycles.